The van der Waals surface area contributed by atoms with E-state index in [1.807, 2.05) is 0 Å². The lowest BCUT2D eigenvalue weighted by Gasteiger charge is -2.04. The third kappa shape index (κ3) is 2.69. The predicted molar refractivity (Wildman–Crippen MR) is 73.8 cm³/mol. The van der Waals surface area contributed by atoms with Gasteiger partial charge in [0.2, 0.25) is 0 Å². The molecule has 0 saturated heterocycles. The first-order valence-corrected chi connectivity index (χ1v) is 6.55. The number of halogens is 2. The SMILES string of the molecule is CCCC(N)c1cc(-c2c(Cl)cccc2Cl)no1. The Morgan fingerprint density at radius 2 is 2.00 bits per heavy atom. The van der Waals surface area contributed by atoms with Gasteiger partial charge in [-0.15, -0.1) is 0 Å². The van der Waals surface area contributed by atoms with E-state index < -0.39 is 0 Å². The van der Waals surface area contributed by atoms with Crippen molar-refractivity contribution in [3.05, 3.63) is 40.1 Å². The molecule has 0 saturated carbocycles. The first kappa shape index (κ1) is 13.4. The van der Waals surface area contributed by atoms with E-state index in [2.05, 4.69) is 12.1 Å². The van der Waals surface area contributed by atoms with Crippen LogP contribution in [-0.2, 0) is 0 Å². The topological polar surface area (TPSA) is 52.0 Å². The van der Waals surface area contributed by atoms with Gasteiger partial charge in [0.15, 0.2) is 5.76 Å². The molecule has 1 aromatic heterocycles. The average molecular weight is 285 g/mol. The minimum absolute atomic E-state index is 0.141. The fourth-order valence-corrected chi connectivity index (χ4v) is 2.37. The van der Waals surface area contributed by atoms with E-state index in [1.165, 1.54) is 0 Å². The lowest BCUT2D eigenvalue weighted by atomic mass is 10.1. The van der Waals surface area contributed by atoms with Crippen molar-refractivity contribution in [1.29, 1.82) is 0 Å². The number of hydrogen-bond donors (Lipinski definition) is 1. The smallest absolute Gasteiger partial charge is 0.154 e. The van der Waals surface area contributed by atoms with Gasteiger partial charge in [0.25, 0.3) is 0 Å². The molecule has 0 aliphatic heterocycles. The van der Waals surface area contributed by atoms with Crippen molar-refractivity contribution in [2.45, 2.75) is 25.8 Å². The van der Waals surface area contributed by atoms with Crippen LogP contribution in [0.3, 0.4) is 0 Å². The number of hydrogen-bond acceptors (Lipinski definition) is 3. The van der Waals surface area contributed by atoms with Crippen LogP contribution in [0.2, 0.25) is 10.0 Å². The summed E-state index contributed by atoms with van der Waals surface area (Å²) in [6, 6.07) is 6.98. The van der Waals surface area contributed by atoms with Crippen LogP contribution in [-0.4, -0.2) is 5.16 Å². The second-order valence-corrected chi connectivity index (χ2v) is 4.92. The third-order valence-corrected chi connectivity index (χ3v) is 3.34. The van der Waals surface area contributed by atoms with Gasteiger partial charge in [0, 0.05) is 11.6 Å². The van der Waals surface area contributed by atoms with Gasteiger partial charge >= 0.3 is 0 Å². The molecule has 0 spiro atoms. The van der Waals surface area contributed by atoms with Crippen LogP contribution in [0, 0.1) is 0 Å². The van der Waals surface area contributed by atoms with Crippen molar-refractivity contribution in [1.82, 2.24) is 5.16 Å². The van der Waals surface area contributed by atoms with Crippen molar-refractivity contribution in [2.24, 2.45) is 5.73 Å². The van der Waals surface area contributed by atoms with E-state index in [1.54, 1.807) is 24.3 Å². The summed E-state index contributed by atoms with van der Waals surface area (Å²) in [5.74, 6) is 0.655. The van der Waals surface area contributed by atoms with Crippen molar-refractivity contribution in [3.8, 4) is 11.3 Å². The first-order chi connectivity index (χ1) is 8.63. The molecule has 96 valence electrons. The number of aromatic nitrogens is 1. The van der Waals surface area contributed by atoms with Gasteiger partial charge < -0.3 is 10.3 Å². The third-order valence-electron chi connectivity index (χ3n) is 2.71. The maximum atomic E-state index is 6.12. The molecule has 3 nitrogen and oxygen atoms in total. The zero-order chi connectivity index (χ0) is 13.1. The number of nitrogens with zero attached hydrogens (tertiary/aromatic N) is 1. The molecule has 0 bridgehead atoms. The Labute approximate surface area is 116 Å². The van der Waals surface area contributed by atoms with Crippen LogP contribution in [0.15, 0.2) is 28.8 Å². The van der Waals surface area contributed by atoms with Crippen LogP contribution >= 0.6 is 23.2 Å². The van der Waals surface area contributed by atoms with Crippen molar-refractivity contribution in [3.63, 3.8) is 0 Å². The standard InChI is InChI=1S/C13H14Cl2N2O/c1-2-4-10(16)12-7-11(17-18-12)13-8(14)5-3-6-9(13)15/h3,5-7,10H,2,4,16H2,1H3. The van der Waals surface area contributed by atoms with Crippen LogP contribution in [0.1, 0.15) is 31.6 Å². The molecule has 0 aliphatic carbocycles. The highest BCUT2D eigenvalue weighted by atomic mass is 35.5. The molecule has 18 heavy (non-hydrogen) atoms. The highest BCUT2D eigenvalue weighted by Gasteiger charge is 2.16. The second-order valence-electron chi connectivity index (χ2n) is 4.11. The maximum absolute atomic E-state index is 6.12. The monoisotopic (exact) mass is 284 g/mol. The molecule has 0 aliphatic rings. The van der Waals surface area contributed by atoms with Gasteiger partial charge in [-0.25, -0.2) is 0 Å². The summed E-state index contributed by atoms with van der Waals surface area (Å²) in [5, 5.41) is 5.08. The highest BCUT2D eigenvalue weighted by Crippen LogP contribution is 2.34. The summed E-state index contributed by atoms with van der Waals surface area (Å²) in [4.78, 5) is 0. The molecule has 5 heteroatoms. The van der Waals surface area contributed by atoms with E-state index in [-0.39, 0.29) is 6.04 Å². The van der Waals surface area contributed by atoms with E-state index in [9.17, 15) is 0 Å². The fraction of sp³-hybridized carbons (Fsp3) is 0.308. The van der Waals surface area contributed by atoms with Crippen LogP contribution in [0.5, 0.6) is 0 Å². The quantitative estimate of drug-likeness (QED) is 0.903. The number of benzene rings is 1. The Kier molecular flexibility index (Phi) is 4.27. The molecule has 2 aromatic rings. The Morgan fingerprint density at radius 1 is 1.33 bits per heavy atom. The summed E-state index contributed by atoms with van der Waals surface area (Å²) >= 11 is 12.2. The normalized spacial score (nSPS) is 12.7. The Bertz CT molecular complexity index is 519. The molecule has 2 N–H and O–H groups in total. The molecule has 1 atom stereocenters. The molecular weight excluding hydrogens is 271 g/mol. The first-order valence-electron chi connectivity index (χ1n) is 5.80. The zero-order valence-corrected chi connectivity index (χ0v) is 11.5. The van der Waals surface area contributed by atoms with Gasteiger partial charge in [0.05, 0.1) is 16.1 Å². The van der Waals surface area contributed by atoms with Gasteiger partial charge in [-0.05, 0) is 18.6 Å². The van der Waals surface area contributed by atoms with E-state index in [0.717, 1.165) is 12.8 Å². The fourth-order valence-electron chi connectivity index (χ4n) is 1.78. The van der Waals surface area contributed by atoms with Crippen molar-refractivity contribution < 1.29 is 4.52 Å². The van der Waals surface area contributed by atoms with Gasteiger partial charge in [-0.2, -0.15) is 0 Å². The molecule has 2 rings (SSSR count). The number of rotatable bonds is 4. The Hall–Kier alpha value is -1.03. The lowest BCUT2D eigenvalue weighted by molar-refractivity contribution is 0.356. The second kappa shape index (κ2) is 5.74. The van der Waals surface area contributed by atoms with E-state index in [0.29, 0.717) is 27.1 Å². The Morgan fingerprint density at radius 3 is 2.61 bits per heavy atom. The largest absolute Gasteiger partial charge is 0.359 e. The summed E-state index contributed by atoms with van der Waals surface area (Å²) in [6.07, 6.45) is 1.84. The molecule has 1 aromatic carbocycles. The van der Waals surface area contributed by atoms with Gasteiger partial charge in [-0.3, -0.25) is 0 Å². The zero-order valence-electron chi connectivity index (χ0n) is 9.99. The summed E-state index contributed by atoms with van der Waals surface area (Å²) in [6.45, 7) is 2.07. The van der Waals surface area contributed by atoms with Crippen molar-refractivity contribution in [2.75, 3.05) is 0 Å². The molecule has 1 unspecified atom stereocenters. The maximum Gasteiger partial charge on any atom is 0.154 e. The Balaban J connectivity index is 2.35. The minimum Gasteiger partial charge on any atom is -0.359 e. The van der Waals surface area contributed by atoms with Crippen LogP contribution in [0.4, 0.5) is 0 Å². The lowest BCUT2D eigenvalue weighted by Crippen LogP contribution is -2.08. The minimum atomic E-state index is -0.141. The number of nitrogens with two attached hydrogens (primary N) is 1. The predicted octanol–water partition coefficient (Wildman–Crippen LogP) is 4.45. The van der Waals surface area contributed by atoms with Crippen LogP contribution in [0.25, 0.3) is 11.3 Å². The molecular formula is C13H14Cl2N2O. The molecule has 0 amide bonds. The van der Waals surface area contributed by atoms with E-state index in [4.69, 9.17) is 33.5 Å². The highest BCUT2D eigenvalue weighted by molar-refractivity contribution is 6.39. The summed E-state index contributed by atoms with van der Waals surface area (Å²) in [7, 11) is 0. The molecule has 0 radical (unpaired) electrons. The van der Waals surface area contributed by atoms with Crippen molar-refractivity contribution >= 4 is 23.2 Å². The van der Waals surface area contributed by atoms with Gasteiger partial charge in [0.1, 0.15) is 5.69 Å². The van der Waals surface area contributed by atoms with Gasteiger partial charge in [-0.1, -0.05) is 47.8 Å². The van der Waals surface area contributed by atoms with Crippen LogP contribution < -0.4 is 5.73 Å². The summed E-state index contributed by atoms with van der Waals surface area (Å²) in [5.41, 5.74) is 7.27. The summed E-state index contributed by atoms with van der Waals surface area (Å²) < 4.78 is 5.25. The average Bonchev–Trinajstić information content (AvgIpc) is 2.78. The molecule has 1 heterocycles. The molecule has 0 fully saturated rings. The van der Waals surface area contributed by atoms with E-state index >= 15 is 0 Å².